The van der Waals surface area contributed by atoms with Crippen molar-refractivity contribution < 1.29 is 18.1 Å². The SMILES string of the molecule is Cc1cc(N=Nc2c(S(=O)(=O)O)cc3cc(Nc4ccccc4)ccc3c2O)c(C)cc1N=Nc1ccccc1. The Hall–Kier alpha value is -4.93. The predicted octanol–water partition coefficient (Wildman–Crippen LogP) is 8.98. The summed E-state index contributed by atoms with van der Waals surface area (Å²) in [5.74, 6) is -0.414. The standard InChI is InChI=1S/C30H25N5O4S/c1-19-16-27(20(2)15-26(19)33-32-23-11-7-4-8-12-23)34-35-29-28(40(37,38)39)18-21-17-24(13-14-25(21)30(29)36)31-22-9-5-3-6-10-22/h3-18,31,36H,1-2H3,(H,37,38,39). The maximum absolute atomic E-state index is 12.3. The Bertz CT molecular complexity index is 1870. The number of nitrogens with one attached hydrogen (secondary N) is 1. The summed E-state index contributed by atoms with van der Waals surface area (Å²) in [5.41, 5.74) is 4.44. The molecule has 0 radical (unpaired) electrons. The van der Waals surface area contributed by atoms with Crippen LogP contribution in [0.25, 0.3) is 10.8 Å². The highest BCUT2D eigenvalue weighted by Gasteiger charge is 2.22. The number of aromatic hydroxyl groups is 1. The lowest BCUT2D eigenvalue weighted by atomic mass is 10.1. The van der Waals surface area contributed by atoms with Crippen molar-refractivity contribution in [3.63, 3.8) is 0 Å². The van der Waals surface area contributed by atoms with E-state index in [1.54, 1.807) is 37.3 Å². The van der Waals surface area contributed by atoms with Gasteiger partial charge in [0.25, 0.3) is 10.1 Å². The third kappa shape index (κ3) is 5.88. The molecule has 0 bridgehead atoms. The van der Waals surface area contributed by atoms with Gasteiger partial charge in [0.1, 0.15) is 10.6 Å². The third-order valence-corrected chi connectivity index (χ3v) is 7.06. The van der Waals surface area contributed by atoms with Gasteiger partial charge in [-0.05, 0) is 91.0 Å². The van der Waals surface area contributed by atoms with Crippen LogP contribution in [0.15, 0.2) is 122 Å². The molecule has 5 aromatic rings. The molecule has 0 spiro atoms. The van der Waals surface area contributed by atoms with Crippen molar-refractivity contribution in [2.75, 3.05) is 5.32 Å². The summed E-state index contributed by atoms with van der Waals surface area (Å²) in [4.78, 5) is -0.555. The third-order valence-electron chi connectivity index (χ3n) is 6.19. The molecular formula is C30H25N5O4S. The molecule has 0 fully saturated rings. The first-order chi connectivity index (χ1) is 19.2. The minimum atomic E-state index is -4.74. The zero-order chi connectivity index (χ0) is 28.3. The molecule has 0 aliphatic heterocycles. The van der Waals surface area contributed by atoms with Crippen LogP contribution in [0.3, 0.4) is 0 Å². The lowest BCUT2D eigenvalue weighted by Gasteiger charge is -2.12. The Morgan fingerprint density at radius 1 is 0.675 bits per heavy atom. The number of azo groups is 2. The fraction of sp³-hybridized carbons (Fsp3) is 0.0667. The molecule has 0 aromatic heterocycles. The van der Waals surface area contributed by atoms with E-state index in [9.17, 15) is 18.1 Å². The number of hydrogen-bond donors (Lipinski definition) is 3. The summed E-state index contributed by atoms with van der Waals surface area (Å²) in [6, 6.07) is 28.6. The second-order valence-corrected chi connectivity index (χ2v) is 10.5. The lowest BCUT2D eigenvalue weighted by Crippen LogP contribution is -1.99. The lowest BCUT2D eigenvalue weighted by molar-refractivity contribution is 0.472. The van der Waals surface area contributed by atoms with Gasteiger partial charge in [-0.15, -0.1) is 5.11 Å². The summed E-state index contributed by atoms with van der Waals surface area (Å²) in [6.07, 6.45) is 0. The van der Waals surface area contributed by atoms with Crippen LogP contribution in [0.2, 0.25) is 0 Å². The first kappa shape index (κ1) is 26.7. The zero-order valence-electron chi connectivity index (χ0n) is 21.6. The molecule has 10 heteroatoms. The fourth-order valence-electron chi connectivity index (χ4n) is 4.12. The molecule has 5 aromatic carbocycles. The van der Waals surface area contributed by atoms with Gasteiger partial charge in [0.15, 0.2) is 5.75 Å². The average Bonchev–Trinajstić information content (AvgIpc) is 2.93. The number of aryl methyl sites for hydroxylation is 2. The number of phenols is 1. The topological polar surface area (TPSA) is 136 Å². The van der Waals surface area contributed by atoms with Gasteiger partial charge in [-0.25, -0.2) is 0 Å². The van der Waals surface area contributed by atoms with Gasteiger partial charge in [0.2, 0.25) is 0 Å². The Morgan fingerprint density at radius 2 is 1.27 bits per heavy atom. The molecule has 0 saturated carbocycles. The van der Waals surface area contributed by atoms with Crippen molar-refractivity contribution >= 4 is 55.0 Å². The van der Waals surface area contributed by atoms with E-state index in [1.807, 2.05) is 67.6 Å². The van der Waals surface area contributed by atoms with E-state index in [2.05, 4.69) is 25.8 Å². The van der Waals surface area contributed by atoms with Crippen LogP contribution in [0, 0.1) is 13.8 Å². The molecule has 9 nitrogen and oxygen atoms in total. The fourth-order valence-corrected chi connectivity index (χ4v) is 4.78. The van der Waals surface area contributed by atoms with E-state index in [0.29, 0.717) is 33.4 Å². The Kier molecular flexibility index (Phi) is 7.37. The van der Waals surface area contributed by atoms with Crippen molar-refractivity contribution in [3.05, 3.63) is 108 Å². The summed E-state index contributed by atoms with van der Waals surface area (Å²) in [6.45, 7) is 3.65. The Balaban J connectivity index is 1.51. The molecule has 0 heterocycles. The van der Waals surface area contributed by atoms with Gasteiger partial charge >= 0.3 is 0 Å². The molecule has 0 aliphatic rings. The van der Waals surface area contributed by atoms with Crippen molar-refractivity contribution in [1.29, 1.82) is 0 Å². The van der Waals surface area contributed by atoms with Gasteiger partial charge in [0.05, 0.1) is 17.1 Å². The van der Waals surface area contributed by atoms with Crippen molar-refractivity contribution in [3.8, 4) is 5.75 Å². The first-order valence-corrected chi connectivity index (χ1v) is 13.7. The first-order valence-electron chi connectivity index (χ1n) is 12.3. The van der Waals surface area contributed by atoms with Crippen LogP contribution in [0.4, 0.5) is 34.1 Å². The minimum Gasteiger partial charge on any atom is -0.505 e. The highest BCUT2D eigenvalue weighted by Crippen LogP contribution is 2.42. The smallest absolute Gasteiger partial charge is 0.296 e. The van der Waals surface area contributed by atoms with Crippen LogP contribution in [0.1, 0.15) is 11.1 Å². The van der Waals surface area contributed by atoms with E-state index >= 15 is 0 Å². The number of anilines is 2. The Labute approximate surface area is 231 Å². The second-order valence-electron chi connectivity index (χ2n) is 9.13. The van der Waals surface area contributed by atoms with Crippen molar-refractivity contribution in [2.45, 2.75) is 18.7 Å². The van der Waals surface area contributed by atoms with Crippen molar-refractivity contribution in [2.24, 2.45) is 20.5 Å². The molecule has 0 unspecified atom stereocenters. The molecule has 200 valence electrons. The molecule has 0 aliphatic carbocycles. The zero-order valence-corrected chi connectivity index (χ0v) is 22.5. The monoisotopic (exact) mass is 551 g/mol. The summed E-state index contributed by atoms with van der Waals surface area (Å²) in [5, 5.41) is 31.8. The molecule has 0 atom stereocenters. The quantitative estimate of drug-likeness (QED) is 0.137. The minimum absolute atomic E-state index is 0.351. The number of para-hydroxylation sites is 1. The molecular weight excluding hydrogens is 526 g/mol. The van der Waals surface area contributed by atoms with Gasteiger partial charge in [-0.2, -0.15) is 23.8 Å². The van der Waals surface area contributed by atoms with Crippen LogP contribution in [0.5, 0.6) is 5.75 Å². The normalized spacial score (nSPS) is 12.0. The van der Waals surface area contributed by atoms with Crippen LogP contribution >= 0.6 is 0 Å². The number of nitrogens with zero attached hydrogens (tertiary/aromatic N) is 4. The molecule has 5 rings (SSSR count). The molecule has 0 amide bonds. The number of phenolic OH excluding ortho intramolecular Hbond substituents is 1. The van der Waals surface area contributed by atoms with Gasteiger partial charge in [-0.3, -0.25) is 4.55 Å². The predicted molar refractivity (Wildman–Crippen MR) is 156 cm³/mol. The highest BCUT2D eigenvalue weighted by molar-refractivity contribution is 7.86. The van der Waals surface area contributed by atoms with E-state index < -0.39 is 20.8 Å². The van der Waals surface area contributed by atoms with E-state index in [1.165, 1.54) is 6.07 Å². The second kappa shape index (κ2) is 11.0. The largest absolute Gasteiger partial charge is 0.505 e. The van der Waals surface area contributed by atoms with Gasteiger partial charge < -0.3 is 10.4 Å². The van der Waals surface area contributed by atoms with E-state index in [4.69, 9.17) is 0 Å². The maximum Gasteiger partial charge on any atom is 0.296 e. The van der Waals surface area contributed by atoms with E-state index in [-0.39, 0.29) is 5.69 Å². The number of rotatable bonds is 7. The van der Waals surface area contributed by atoms with Gasteiger partial charge in [-0.1, -0.05) is 36.4 Å². The van der Waals surface area contributed by atoms with Gasteiger partial charge in [0, 0.05) is 16.8 Å². The molecule has 40 heavy (non-hydrogen) atoms. The molecule has 0 saturated heterocycles. The number of hydrogen-bond acceptors (Lipinski definition) is 8. The number of benzene rings is 5. The summed E-state index contributed by atoms with van der Waals surface area (Å²) >= 11 is 0. The summed E-state index contributed by atoms with van der Waals surface area (Å²) in [7, 11) is -4.74. The summed E-state index contributed by atoms with van der Waals surface area (Å²) < 4.78 is 34.6. The average molecular weight is 552 g/mol. The molecule has 3 N–H and O–H groups in total. The highest BCUT2D eigenvalue weighted by atomic mass is 32.2. The Morgan fingerprint density at radius 3 is 1.90 bits per heavy atom. The van der Waals surface area contributed by atoms with Crippen LogP contribution < -0.4 is 5.32 Å². The van der Waals surface area contributed by atoms with Crippen molar-refractivity contribution in [1.82, 2.24) is 0 Å². The van der Waals surface area contributed by atoms with E-state index in [0.717, 1.165) is 16.9 Å². The van der Waals surface area contributed by atoms with Crippen LogP contribution in [-0.2, 0) is 10.1 Å². The maximum atomic E-state index is 12.3. The number of fused-ring (bicyclic) bond motifs is 1. The van der Waals surface area contributed by atoms with Crippen LogP contribution in [-0.4, -0.2) is 18.1 Å².